The van der Waals surface area contributed by atoms with Crippen LogP contribution in [0.1, 0.15) is 0 Å². The summed E-state index contributed by atoms with van der Waals surface area (Å²) < 4.78 is 24.6. The van der Waals surface area contributed by atoms with Crippen LogP contribution in [0.5, 0.6) is 0 Å². The van der Waals surface area contributed by atoms with Gasteiger partial charge in [0.15, 0.2) is 0 Å². The highest BCUT2D eigenvalue weighted by atomic mass is 32.2. The van der Waals surface area contributed by atoms with Gasteiger partial charge in [-0.1, -0.05) is 6.07 Å². The van der Waals surface area contributed by atoms with E-state index in [2.05, 4.69) is 15.0 Å². The van der Waals surface area contributed by atoms with Gasteiger partial charge in [0.1, 0.15) is 0 Å². The maximum atomic E-state index is 11.5. The normalized spacial score (nSPS) is 16.7. The number of hydrogen-bond donors (Lipinski definition) is 0. The van der Waals surface area contributed by atoms with Gasteiger partial charge in [-0.3, -0.25) is 4.98 Å². The zero-order valence-electron chi connectivity index (χ0n) is 12.3. The van der Waals surface area contributed by atoms with E-state index < -0.39 is 10.0 Å². The molecule has 1 saturated heterocycles. The van der Waals surface area contributed by atoms with Gasteiger partial charge in [0.05, 0.1) is 17.6 Å². The predicted molar refractivity (Wildman–Crippen MR) is 83.9 cm³/mol. The second-order valence-electron chi connectivity index (χ2n) is 5.11. The molecule has 2 aromatic rings. The molecule has 1 aliphatic rings. The summed E-state index contributed by atoms with van der Waals surface area (Å²) in [6.07, 6.45) is 4.66. The smallest absolute Gasteiger partial charge is 0.225 e. The molecule has 0 aliphatic carbocycles. The lowest BCUT2D eigenvalue weighted by Crippen LogP contribution is -2.48. The topological polar surface area (TPSA) is 79.3 Å². The maximum Gasteiger partial charge on any atom is 0.225 e. The van der Waals surface area contributed by atoms with Crippen LogP contribution in [-0.4, -0.2) is 60.1 Å². The first-order valence-electron chi connectivity index (χ1n) is 6.98. The van der Waals surface area contributed by atoms with Crippen molar-refractivity contribution in [3.8, 4) is 11.4 Å². The Morgan fingerprint density at radius 1 is 0.955 bits per heavy atom. The molecule has 0 saturated carbocycles. The molecule has 3 heterocycles. The molecule has 0 spiro atoms. The Balaban J connectivity index is 1.77. The second-order valence-corrected chi connectivity index (χ2v) is 7.09. The number of hydrogen-bond acceptors (Lipinski definition) is 6. The predicted octanol–water partition coefficient (Wildman–Crippen LogP) is 0.620. The van der Waals surface area contributed by atoms with Gasteiger partial charge < -0.3 is 4.90 Å². The van der Waals surface area contributed by atoms with E-state index in [1.165, 1.54) is 10.6 Å². The molecule has 0 aromatic carbocycles. The molecule has 7 nitrogen and oxygen atoms in total. The Bertz CT molecular complexity index is 743. The zero-order valence-corrected chi connectivity index (χ0v) is 13.1. The Labute approximate surface area is 129 Å². The van der Waals surface area contributed by atoms with Crippen LogP contribution in [-0.2, 0) is 10.0 Å². The monoisotopic (exact) mass is 319 g/mol. The van der Waals surface area contributed by atoms with Crippen LogP contribution < -0.4 is 4.90 Å². The molecule has 116 valence electrons. The lowest BCUT2D eigenvalue weighted by molar-refractivity contribution is 0.385. The minimum absolute atomic E-state index is 0.454. The average molecular weight is 319 g/mol. The maximum absolute atomic E-state index is 11.5. The Morgan fingerprint density at radius 2 is 1.73 bits per heavy atom. The van der Waals surface area contributed by atoms with E-state index in [0.717, 1.165) is 11.4 Å². The standard InChI is InChI=1S/C14H17N5O2S/c1-22(20,21)19-10-8-18(9-11-19)14-16-7-5-13(17-14)12-4-2-3-6-15-12/h2-7H,8-11H2,1H3. The highest BCUT2D eigenvalue weighted by Crippen LogP contribution is 2.18. The molecule has 2 aromatic heterocycles. The first-order chi connectivity index (χ1) is 10.5. The number of pyridine rings is 1. The molecule has 8 heteroatoms. The van der Waals surface area contributed by atoms with Gasteiger partial charge in [0.25, 0.3) is 0 Å². The molecule has 3 rings (SSSR count). The molecule has 0 radical (unpaired) electrons. The fourth-order valence-electron chi connectivity index (χ4n) is 2.38. The number of rotatable bonds is 3. The summed E-state index contributed by atoms with van der Waals surface area (Å²) in [5, 5.41) is 0. The van der Waals surface area contributed by atoms with E-state index >= 15 is 0 Å². The minimum atomic E-state index is -3.13. The lowest BCUT2D eigenvalue weighted by atomic mass is 10.2. The van der Waals surface area contributed by atoms with Crippen LogP contribution in [0.4, 0.5) is 5.95 Å². The van der Waals surface area contributed by atoms with E-state index in [1.807, 2.05) is 29.2 Å². The van der Waals surface area contributed by atoms with Crippen LogP contribution in [0.2, 0.25) is 0 Å². The molecule has 0 N–H and O–H groups in total. The molecule has 22 heavy (non-hydrogen) atoms. The van der Waals surface area contributed by atoms with E-state index in [1.54, 1.807) is 12.4 Å². The molecule has 0 atom stereocenters. The van der Waals surface area contributed by atoms with Gasteiger partial charge in [-0.2, -0.15) is 4.31 Å². The number of aromatic nitrogens is 3. The summed E-state index contributed by atoms with van der Waals surface area (Å²) in [6.45, 7) is 2.07. The highest BCUT2D eigenvalue weighted by molar-refractivity contribution is 7.88. The Morgan fingerprint density at radius 3 is 2.36 bits per heavy atom. The number of piperazine rings is 1. The third kappa shape index (κ3) is 3.23. The van der Waals surface area contributed by atoms with Crippen molar-refractivity contribution in [2.24, 2.45) is 0 Å². The molecule has 0 amide bonds. The SMILES string of the molecule is CS(=O)(=O)N1CCN(c2nccc(-c3ccccn3)n2)CC1. The first kappa shape index (κ1) is 14.9. The highest BCUT2D eigenvalue weighted by Gasteiger charge is 2.24. The zero-order chi connectivity index (χ0) is 15.6. The quantitative estimate of drug-likeness (QED) is 0.825. The molecule has 1 fully saturated rings. The van der Waals surface area contributed by atoms with Crippen molar-refractivity contribution in [2.75, 3.05) is 37.3 Å². The first-order valence-corrected chi connectivity index (χ1v) is 8.83. The van der Waals surface area contributed by atoms with Crippen molar-refractivity contribution in [3.63, 3.8) is 0 Å². The third-order valence-electron chi connectivity index (χ3n) is 3.56. The molecular weight excluding hydrogens is 302 g/mol. The summed E-state index contributed by atoms with van der Waals surface area (Å²) in [6, 6.07) is 7.48. The van der Waals surface area contributed by atoms with Gasteiger partial charge in [0, 0.05) is 38.6 Å². The molecular formula is C14H17N5O2S. The average Bonchev–Trinajstić information content (AvgIpc) is 2.55. The Kier molecular flexibility index (Phi) is 4.04. The minimum Gasteiger partial charge on any atom is -0.338 e. The molecule has 0 bridgehead atoms. The van der Waals surface area contributed by atoms with E-state index in [9.17, 15) is 8.42 Å². The van der Waals surface area contributed by atoms with E-state index in [4.69, 9.17) is 0 Å². The summed E-state index contributed by atoms with van der Waals surface area (Å²) in [4.78, 5) is 15.1. The van der Waals surface area contributed by atoms with Crippen molar-refractivity contribution in [1.82, 2.24) is 19.3 Å². The summed E-state index contributed by atoms with van der Waals surface area (Å²) in [5.74, 6) is 0.608. The number of nitrogens with zero attached hydrogens (tertiary/aromatic N) is 5. The van der Waals surface area contributed by atoms with Crippen LogP contribution in [0, 0.1) is 0 Å². The Hall–Kier alpha value is -2.06. The van der Waals surface area contributed by atoms with E-state index in [-0.39, 0.29) is 0 Å². The second kappa shape index (κ2) is 5.98. The summed E-state index contributed by atoms with van der Waals surface area (Å²) in [5.41, 5.74) is 1.55. The largest absolute Gasteiger partial charge is 0.338 e. The van der Waals surface area contributed by atoms with E-state index in [0.29, 0.717) is 32.1 Å². The number of anilines is 1. The van der Waals surface area contributed by atoms with Gasteiger partial charge >= 0.3 is 0 Å². The van der Waals surface area contributed by atoms with Crippen LogP contribution in [0.25, 0.3) is 11.4 Å². The van der Waals surface area contributed by atoms with Crippen LogP contribution in [0.3, 0.4) is 0 Å². The lowest BCUT2D eigenvalue weighted by Gasteiger charge is -2.33. The van der Waals surface area contributed by atoms with Crippen molar-refractivity contribution >= 4 is 16.0 Å². The van der Waals surface area contributed by atoms with Crippen molar-refractivity contribution in [3.05, 3.63) is 36.7 Å². The number of sulfonamides is 1. The summed E-state index contributed by atoms with van der Waals surface area (Å²) in [7, 11) is -3.13. The van der Waals surface area contributed by atoms with Gasteiger partial charge in [0.2, 0.25) is 16.0 Å². The van der Waals surface area contributed by atoms with Crippen molar-refractivity contribution in [2.45, 2.75) is 0 Å². The molecule has 1 aliphatic heterocycles. The summed E-state index contributed by atoms with van der Waals surface area (Å²) >= 11 is 0. The van der Waals surface area contributed by atoms with Crippen LogP contribution in [0.15, 0.2) is 36.7 Å². The van der Waals surface area contributed by atoms with Gasteiger partial charge in [-0.15, -0.1) is 0 Å². The molecule has 0 unspecified atom stereocenters. The fourth-order valence-corrected chi connectivity index (χ4v) is 3.20. The van der Waals surface area contributed by atoms with Gasteiger partial charge in [-0.25, -0.2) is 18.4 Å². The fraction of sp³-hybridized carbons (Fsp3) is 0.357. The van der Waals surface area contributed by atoms with Gasteiger partial charge in [-0.05, 0) is 18.2 Å². The van der Waals surface area contributed by atoms with Crippen molar-refractivity contribution in [1.29, 1.82) is 0 Å². The van der Waals surface area contributed by atoms with Crippen LogP contribution >= 0.6 is 0 Å². The third-order valence-corrected chi connectivity index (χ3v) is 4.86. The van der Waals surface area contributed by atoms with Crippen molar-refractivity contribution < 1.29 is 8.42 Å².